The van der Waals surface area contributed by atoms with E-state index >= 15 is 0 Å². The molecule has 18 heavy (non-hydrogen) atoms. The summed E-state index contributed by atoms with van der Waals surface area (Å²) in [4.78, 5) is 0. The molecule has 90 valence electrons. The van der Waals surface area contributed by atoms with E-state index in [2.05, 4.69) is 37.3 Å². The Bertz CT molecular complexity index is 562. The first-order valence-corrected chi connectivity index (χ1v) is 6.29. The molecule has 0 N–H and O–H groups in total. The number of halogens is 1. The van der Waals surface area contributed by atoms with Crippen LogP contribution in [0, 0.1) is 6.92 Å². The predicted molar refractivity (Wildman–Crippen MR) is 80.7 cm³/mol. The van der Waals surface area contributed by atoms with Gasteiger partial charge in [-0.05, 0) is 30.2 Å². The molecule has 0 unspecified atom stereocenters. The Morgan fingerprint density at radius 2 is 1.50 bits per heavy atom. The smallest absolute Gasteiger partial charge is 0.0411 e. The number of rotatable bonds is 3. The number of allylic oxidation sites excluding steroid dienone is 2. The second-order valence-corrected chi connectivity index (χ2v) is 4.62. The van der Waals surface area contributed by atoms with Crippen molar-refractivity contribution < 1.29 is 0 Å². The molecule has 2 aromatic rings. The lowest BCUT2D eigenvalue weighted by Gasteiger charge is -1.94. The first-order valence-electron chi connectivity index (χ1n) is 5.91. The molecule has 0 spiro atoms. The van der Waals surface area contributed by atoms with E-state index in [0.717, 1.165) is 10.6 Å². The van der Waals surface area contributed by atoms with Gasteiger partial charge in [0.05, 0.1) is 0 Å². The quantitative estimate of drug-likeness (QED) is 0.646. The Morgan fingerprint density at radius 1 is 0.833 bits per heavy atom. The summed E-state index contributed by atoms with van der Waals surface area (Å²) in [6.07, 6.45) is 8.17. The molecule has 2 aromatic carbocycles. The molecule has 0 bridgehead atoms. The Balaban J connectivity index is 2.01. The van der Waals surface area contributed by atoms with Gasteiger partial charge in [0.1, 0.15) is 0 Å². The van der Waals surface area contributed by atoms with Gasteiger partial charge >= 0.3 is 0 Å². The summed E-state index contributed by atoms with van der Waals surface area (Å²) in [5.41, 5.74) is 3.59. The van der Waals surface area contributed by atoms with Gasteiger partial charge in [-0.2, -0.15) is 0 Å². The number of aryl methyl sites for hydroxylation is 1. The fraction of sp³-hybridized carbons (Fsp3) is 0.0588. The summed E-state index contributed by atoms with van der Waals surface area (Å²) >= 11 is 5.92. The third-order valence-electron chi connectivity index (χ3n) is 2.61. The van der Waals surface area contributed by atoms with E-state index in [1.807, 2.05) is 42.5 Å². The lowest BCUT2D eigenvalue weighted by Crippen LogP contribution is -1.73. The van der Waals surface area contributed by atoms with Crippen molar-refractivity contribution in [1.29, 1.82) is 0 Å². The van der Waals surface area contributed by atoms with Crippen molar-refractivity contribution in [2.24, 2.45) is 0 Å². The summed E-state index contributed by atoms with van der Waals surface area (Å²) in [5.74, 6) is 0. The van der Waals surface area contributed by atoms with Crippen LogP contribution in [-0.4, -0.2) is 0 Å². The minimum Gasteiger partial charge on any atom is -0.0843 e. The number of hydrogen-bond donors (Lipinski definition) is 0. The van der Waals surface area contributed by atoms with Crippen molar-refractivity contribution in [2.75, 3.05) is 0 Å². The Hall–Kier alpha value is -1.79. The molecular weight excluding hydrogens is 240 g/mol. The number of hydrogen-bond acceptors (Lipinski definition) is 0. The molecule has 0 amide bonds. The lowest BCUT2D eigenvalue weighted by molar-refractivity contribution is 1.46. The Morgan fingerprint density at radius 3 is 2.17 bits per heavy atom. The summed E-state index contributed by atoms with van der Waals surface area (Å²) in [6.45, 7) is 2.09. The van der Waals surface area contributed by atoms with E-state index in [9.17, 15) is 0 Å². The molecule has 0 heterocycles. The van der Waals surface area contributed by atoms with Crippen molar-refractivity contribution in [3.8, 4) is 0 Å². The molecule has 0 atom stereocenters. The van der Waals surface area contributed by atoms with Crippen molar-refractivity contribution in [3.05, 3.63) is 82.4 Å². The average molecular weight is 255 g/mol. The monoisotopic (exact) mass is 254 g/mol. The zero-order valence-electron chi connectivity index (χ0n) is 10.3. The van der Waals surface area contributed by atoms with Crippen molar-refractivity contribution in [2.45, 2.75) is 6.92 Å². The molecule has 0 saturated carbocycles. The molecule has 0 aliphatic heterocycles. The largest absolute Gasteiger partial charge is 0.0843 e. The first kappa shape index (κ1) is 12.7. The lowest BCUT2D eigenvalue weighted by atomic mass is 10.1. The molecule has 0 radical (unpaired) electrons. The van der Waals surface area contributed by atoms with Crippen LogP contribution in [0.1, 0.15) is 16.7 Å². The zero-order valence-corrected chi connectivity index (χ0v) is 11.1. The zero-order chi connectivity index (χ0) is 12.8. The van der Waals surface area contributed by atoms with Crippen molar-refractivity contribution in [3.63, 3.8) is 0 Å². The van der Waals surface area contributed by atoms with Gasteiger partial charge in [0.2, 0.25) is 0 Å². The first-order chi connectivity index (χ1) is 8.74. The van der Waals surface area contributed by atoms with Gasteiger partial charge in [-0.1, -0.05) is 77.9 Å². The van der Waals surface area contributed by atoms with Crippen LogP contribution in [0.2, 0.25) is 5.02 Å². The molecule has 0 aliphatic rings. The fourth-order valence-electron chi connectivity index (χ4n) is 1.62. The Labute approximate surface area is 113 Å². The molecule has 0 fully saturated rings. The highest BCUT2D eigenvalue weighted by molar-refractivity contribution is 6.30. The molecule has 0 aliphatic carbocycles. The molecule has 0 saturated heterocycles. The maximum Gasteiger partial charge on any atom is 0.0411 e. The second kappa shape index (κ2) is 6.23. The molecular formula is C17H15Cl. The van der Waals surface area contributed by atoms with Gasteiger partial charge in [-0.15, -0.1) is 0 Å². The molecule has 1 heteroatoms. The van der Waals surface area contributed by atoms with Gasteiger partial charge in [-0.25, -0.2) is 0 Å². The van der Waals surface area contributed by atoms with E-state index in [-0.39, 0.29) is 0 Å². The normalized spacial score (nSPS) is 11.4. The van der Waals surface area contributed by atoms with Crippen LogP contribution in [0.15, 0.2) is 60.7 Å². The summed E-state index contributed by atoms with van der Waals surface area (Å²) in [5, 5.41) is 0.764. The van der Waals surface area contributed by atoms with Gasteiger partial charge in [0.25, 0.3) is 0 Å². The van der Waals surface area contributed by atoms with E-state index in [1.165, 1.54) is 11.1 Å². The second-order valence-electron chi connectivity index (χ2n) is 4.18. The molecule has 2 rings (SSSR count). The van der Waals surface area contributed by atoms with Gasteiger partial charge in [0, 0.05) is 5.02 Å². The third-order valence-corrected chi connectivity index (χ3v) is 2.85. The maximum atomic E-state index is 5.92. The van der Waals surface area contributed by atoms with Crippen molar-refractivity contribution in [1.82, 2.24) is 0 Å². The van der Waals surface area contributed by atoms with Crippen LogP contribution in [0.4, 0.5) is 0 Å². The third kappa shape index (κ3) is 3.90. The van der Waals surface area contributed by atoms with Crippen LogP contribution in [0.5, 0.6) is 0 Å². The summed E-state index contributed by atoms with van der Waals surface area (Å²) in [7, 11) is 0. The van der Waals surface area contributed by atoms with Crippen LogP contribution in [-0.2, 0) is 0 Å². The molecule has 0 nitrogen and oxygen atoms in total. The number of benzene rings is 2. The van der Waals surface area contributed by atoms with Crippen molar-refractivity contribution >= 4 is 23.8 Å². The van der Waals surface area contributed by atoms with Gasteiger partial charge < -0.3 is 0 Å². The van der Waals surface area contributed by atoms with Crippen LogP contribution < -0.4 is 0 Å². The summed E-state index contributed by atoms with van der Waals surface area (Å²) < 4.78 is 0. The van der Waals surface area contributed by atoms with E-state index in [4.69, 9.17) is 11.6 Å². The fourth-order valence-corrected chi connectivity index (χ4v) is 1.82. The van der Waals surface area contributed by atoms with E-state index < -0.39 is 0 Å². The van der Waals surface area contributed by atoms with Crippen LogP contribution in [0.25, 0.3) is 12.2 Å². The van der Waals surface area contributed by atoms with E-state index in [1.54, 1.807) is 0 Å². The van der Waals surface area contributed by atoms with Crippen LogP contribution in [0.3, 0.4) is 0 Å². The highest BCUT2D eigenvalue weighted by Gasteiger charge is 1.88. The molecule has 0 aromatic heterocycles. The van der Waals surface area contributed by atoms with Gasteiger partial charge in [-0.3, -0.25) is 0 Å². The SMILES string of the molecule is Cc1ccc(/C=C/C=C/c2cccc(Cl)c2)cc1. The predicted octanol–water partition coefficient (Wildman–Crippen LogP) is 5.38. The highest BCUT2D eigenvalue weighted by atomic mass is 35.5. The highest BCUT2D eigenvalue weighted by Crippen LogP contribution is 2.12. The maximum absolute atomic E-state index is 5.92. The minimum absolute atomic E-state index is 0.764. The standard InChI is InChI=1S/C17H15Cl/c1-14-9-11-15(12-10-14)5-2-3-6-16-7-4-8-17(18)13-16/h2-13H,1H3/b5-2+,6-3+. The van der Waals surface area contributed by atoms with Crippen LogP contribution >= 0.6 is 11.6 Å². The minimum atomic E-state index is 0.764. The average Bonchev–Trinajstić information content (AvgIpc) is 2.37. The summed E-state index contributed by atoms with van der Waals surface area (Å²) in [6, 6.07) is 16.2. The van der Waals surface area contributed by atoms with Gasteiger partial charge in [0.15, 0.2) is 0 Å². The Kier molecular flexibility index (Phi) is 4.38. The van der Waals surface area contributed by atoms with E-state index in [0.29, 0.717) is 0 Å². The topological polar surface area (TPSA) is 0 Å².